The van der Waals surface area contributed by atoms with E-state index in [0.717, 1.165) is 12.1 Å². The molecule has 4 nitrogen and oxygen atoms in total. The van der Waals surface area contributed by atoms with Crippen molar-refractivity contribution in [1.29, 1.82) is 0 Å². The summed E-state index contributed by atoms with van der Waals surface area (Å²) in [5.41, 5.74) is 1.84. The summed E-state index contributed by atoms with van der Waals surface area (Å²) in [4.78, 5) is 4.52. The van der Waals surface area contributed by atoms with Crippen molar-refractivity contribution in [3.63, 3.8) is 0 Å². The van der Waals surface area contributed by atoms with Crippen LogP contribution in [0, 0.1) is 0 Å². The normalized spacial score (nSPS) is 12.7. The molecule has 0 aliphatic heterocycles. The van der Waals surface area contributed by atoms with Crippen LogP contribution in [0.15, 0.2) is 59.6 Å². The number of guanidine groups is 1. The average Bonchev–Trinajstić information content (AvgIpc) is 2.58. The maximum absolute atomic E-state index is 10.3. The quantitative estimate of drug-likeness (QED) is 0.563. The molecular weight excluding hydrogens is 310 g/mol. The number of nitrogens with zero attached hydrogens (tertiary/aromatic N) is 1. The molecule has 2 rings (SSSR count). The molecule has 2 aromatic carbocycles. The molecule has 0 saturated heterocycles. The minimum absolute atomic E-state index is 0.338. The third-order valence-corrected chi connectivity index (χ3v) is 3.68. The van der Waals surface area contributed by atoms with Crippen molar-refractivity contribution in [3.05, 3.63) is 70.7 Å². The molecule has 2 aromatic rings. The Morgan fingerprint density at radius 1 is 1.09 bits per heavy atom. The van der Waals surface area contributed by atoms with Crippen LogP contribution in [-0.2, 0) is 6.54 Å². The van der Waals surface area contributed by atoms with Gasteiger partial charge < -0.3 is 15.7 Å². The SMILES string of the molecule is CCNC(=NCc1ccccc1)NCC(O)c1ccccc1Cl. The number of aliphatic hydroxyl groups excluding tert-OH is 1. The highest BCUT2D eigenvalue weighted by atomic mass is 35.5. The number of aliphatic imine (C=N–C) groups is 1. The summed E-state index contributed by atoms with van der Waals surface area (Å²) >= 11 is 6.10. The van der Waals surface area contributed by atoms with Crippen LogP contribution in [0.2, 0.25) is 5.02 Å². The van der Waals surface area contributed by atoms with E-state index in [2.05, 4.69) is 15.6 Å². The lowest BCUT2D eigenvalue weighted by Crippen LogP contribution is -2.39. The molecule has 0 aliphatic carbocycles. The molecule has 0 fully saturated rings. The summed E-state index contributed by atoms with van der Waals surface area (Å²) in [6.07, 6.45) is -0.690. The molecule has 23 heavy (non-hydrogen) atoms. The van der Waals surface area contributed by atoms with Gasteiger partial charge in [0.1, 0.15) is 0 Å². The lowest BCUT2D eigenvalue weighted by molar-refractivity contribution is 0.181. The van der Waals surface area contributed by atoms with E-state index < -0.39 is 6.10 Å². The summed E-state index contributed by atoms with van der Waals surface area (Å²) < 4.78 is 0. The second-order valence-electron chi connectivity index (χ2n) is 5.10. The van der Waals surface area contributed by atoms with E-state index in [1.807, 2.05) is 55.5 Å². The Labute approximate surface area is 142 Å². The van der Waals surface area contributed by atoms with E-state index in [9.17, 15) is 5.11 Å². The highest BCUT2D eigenvalue weighted by Crippen LogP contribution is 2.21. The first-order valence-corrected chi connectivity index (χ1v) is 8.07. The maximum atomic E-state index is 10.3. The van der Waals surface area contributed by atoms with Crippen LogP contribution < -0.4 is 10.6 Å². The van der Waals surface area contributed by atoms with Crippen molar-refractivity contribution in [2.24, 2.45) is 4.99 Å². The van der Waals surface area contributed by atoms with Crippen LogP contribution >= 0.6 is 11.6 Å². The Hall–Kier alpha value is -2.04. The third-order valence-electron chi connectivity index (χ3n) is 3.33. The summed E-state index contributed by atoms with van der Waals surface area (Å²) in [6.45, 7) is 3.68. The van der Waals surface area contributed by atoms with Crippen molar-refractivity contribution in [2.45, 2.75) is 19.6 Å². The summed E-state index contributed by atoms with van der Waals surface area (Å²) in [5.74, 6) is 0.669. The first-order valence-electron chi connectivity index (χ1n) is 7.69. The molecule has 0 heterocycles. The maximum Gasteiger partial charge on any atom is 0.191 e. The molecule has 1 atom stereocenters. The minimum atomic E-state index is -0.690. The number of aliphatic hydroxyl groups is 1. The summed E-state index contributed by atoms with van der Waals surface area (Å²) in [7, 11) is 0. The van der Waals surface area contributed by atoms with Crippen molar-refractivity contribution in [2.75, 3.05) is 13.1 Å². The van der Waals surface area contributed by atoms with Gasteiger partial charge in [0.05, 0.1) is 12.6 Å². The van der Waals surface area contributed by atoms with Gasteiger partial charge in [-0.2, -0.15) is 0 Å². The van der Waals surface area contributed by atoms with Crippen molar-refractivity contribution < 1.29 is 5.11 Å². The molecule has 3 N–H and O–H groups in total. The molecular formula is C18H22ClN3O. The van der Waals surface area contributed by atoms with Gasteiger partial charge in [-0.25, -0.2) is 4.99 Å². The molecule has 0 spiro atoms. The number of nitrogens with one attached hydrogen (secondary N) is 2. The van der Waals surface area contributed by atoms with E-state index in [0.29, 0.717) is 29.6 Å². The van der Waals surface area contributed by atoms with Crippen LogP contribution in [0.3, 0.4) is 0 Å². The van der Waals surface area contributed by atoms with E-state index in [1.165, 1.54) is 0 Å². The highest BCUT2D eigenvalue weighted by molar-refractivity contribution is 6.31. The molecule has 0 aliphatic rings. The summed E-state index contributed by atoms with van der Waals surface area (Å²) in [5, 5.41) is 17.2. The smallest absolute Gasteiger partial charge is 0.191 e. The Bertz CT molecular complexity index is 631. The zero-order valence-electron chi connectivity index (χ0n) is 13.2. The van der Waals surface area contributed by atoms with Crippen LogP contribution in [0.5, 0.6) is 0 Å². The third kappa shape index (κ3) is 5.58. The van der Waals surface area contributed by atoms with Crippen LogP contribution in [0.1, 0.15) is 24.2 Å². The zero-order chi connectivity index (χ0) is 16.5. The summed E-state index contributed by atoms with van der Waals surface area (Å²) in [6, 6.07) is 17.3. The standard InChI is InChI=1S/C18H22ClN3O/c1-2-20-18(21-12-14-8-4-3-5-9-14)22-13-17(23)15-10-6-7-11-16(15)19/h3-11,17,23H,2,12-13H2,1H3,(H2,20,21,22). The first-order chi connectivity index (χ1) is 11.2. The molecule has 0 saturated carbocycles. The van der Waals surface area contributed by atoms with Gasteiger partial charge in [0, 0.05) is 23.7 Å². The van der Waals surface area contributed by atoms with Gasteiger partial charge in [-0.15, -0.1) is 0 Å². The monoisotopic (exact) mass is 331 g/mol. The fourth-order valence-electron chi connectivity index (χ4n) is 2.14. The Balaban J connectivity index is 1.95. The number of hydrogen-bond acceptors (Lipinski definition) is 2. The molecule has 1 unspecified atom stereocenters. The van der Waals surface area contributed by atoms with Crippen LogP contribution in [0.25, 0.3) is 0 Å². The lowest BCUT2D eigenvalue weighted by Gasteiger charge is -2.16. The van der Waals surface area contributed by atoms with Gasteiger partial charge in [0.15, 0.2) is 5.96 Å². The zero-order valence-corrected chi connectivity index (χ0v) is 13.9. The average molecular weight is 332 g/mol. The first kappa shape index (κ1) is 17.3. The van der Waals surface area contributed by atoms with E-state index in [-0.39, 0.29) is 0 Å². The van der Waals surface area contributed by atoms with Gasteiger partial charge in [-0.1, -0.05) is 60.1 Å². The van der Waals surface area contributed by atoms with Crippen molar-refractivity contribution >= 4 is 17.6 Å². The van der Waals surface area contributed by atoms with Crippen molar-refractivity contribution in [3.8, 4) is 0 Å². The lowest BCUT2D eigenvalue weighted by atomic mass is 10.1. The fourth-order valence-corrected chi connectivity index (χ4v) is 2.41. The highest BCUT2D eigenvalue weighted by Gasteiger charge is 2.11. The Kier molecular flexibility index (Phi) is 6.91. The van der Waals surface area contributed by atoms with E-state index >= 15 is 0 Å². The fraction of sp³-hybridized carbons (Fsp3) is 0.278. The Morgan fingerprint density at radius 2 is 1.78 bits per heavy atom. The van der Waals surface area contributed by atoms with Crippen LogP contribution in [0.4, 0.5) is 0 Å². The number of rotatable bonds is 6. The van der Waals surface area contributed by atoms with Gasteiger partial charge in [0.25, 0.3) is 0 Å². The van der Waals surface area contributed by atoms with Gasteiger partial charge in [-0.05, 0) is 18.6 Å². The second kappa shape index (κ2) is 9.18. The Morgan fingerprint density at radius 3 is 2.48 bits per heavy atom. The van der Waals surface area contributed by atoms with E-state index in [4.69, 9.17) is 11.6 Å². The van der Waals surface area contributed by atoms with Gasteiger partial charge in [0.2, 0.25) is 0 Å². The predicted octanol–water partition coefficient (Wildman–Crippen LogP) is 3.13. The second-order valence-corrected chi connectivity index (χ2v) is 5.51. The molecule has 0 amide bonds. The number of benzene rings is 2. The molecule has 0 aromatic heterocycles. The molecule has 0 bridgehead atoms. The van der Waals surface area contributed by atoms with Gasteiger partial charge in [-0.3, -0.25) is 0 Å². The van der Waals surface area contributed by atoms with E-state index in [1.54, 1.807) is 6.07 Å². The number of hydrogen-bond donors (Lipinski definition) is 3. The molecule has 5 heteroatoms. The molecule has 0 radical (unpaired) electrons. The van der Waals surface area contributed by atoms with Crippen molar-refractivity contribution in [1.82, 2.24) is 10.6 Å². The number of halogens is 1. The minimum Gasteiger partial charge on any atom is -0.387 e. The topological polar surface area (TPSA) is 56.7 Å². The largest absolute Gasteiger partial charge is 0.387 e. The van der Waals surface area contributed by atoms with Crippen LogP contribution in [-0.4, -0.2) is 24.2 Å². The van der Waals surface area contributed by atoms with Gasteiger partial charge >= 0.3 is 0 Å². The molecule has 122 valence electrons. The predicted molar refractivity (Wildman–Crippen MR) is 95.7 cm³/mol.